The van der Waals surface area contributed by atoms with Crippen LogP contribution in [0.4, 0.5) is 0 Å². The van der Waals surface area contributed by atoms with E-state index in [0.29, 0.717) is 0 Å². The van der Waals surface area contributed by atoms with Crippen molar-refractivity contribution in [1.82, 2.24) is 0 Å². The minimum atomic E-state index is 0.750. The number of nitrogens with two attached hydrogens (primary N) is 2. The third-order valence-electron chi connectivity index (χ3n) is 3.68. The summed E-state index contributed by atoms with van der Waals surface area (Å²) in [6.45, 7) is 7.15. The average Bonchev–Trinajstić information content (AvgIpc) is 2.51. The molecule has 0 saturated carbocycles. The van der Waals surface area contributed by atoms with Crippen molar-refractivity contribution in [3.8, 4) is 11.5 Å². The maximum Gasteiger partial charge on any atom is 0.122 e. The molecule has 1 rings (SSSR count). The van der Waals surface area contributed by atoms with Gasteiger partial charge in [-0.15, -0.1) is 0 Å². The molecule has 0 amide bonds. The summed E-state index contributed by atoms with van der Waals surface area (Å²) in [6.07, 6.45) is 6.48. The Morgan fingerprint density at radius 3 is 1.45 bits per heavy atom. The molecule has 0 fully saturated rings. The lowest BCUT2D eigenvalue weighted by Gasteiger charge is -2.14. The van der Waals surface area contributed by atoms with Crippen molar-refractivity contribution in [2.45, 2.75) is 52.4 Å². The molecule has 0 aliphatic heterocycles. The van der Waals surface area contributed by atoms with E-state index in [9.17, 15) is 0 Å². The Bertz CT molecular complexity index is 382. The summed E-state index contributed by atoms with van der Waals surface area (Å²) in [5.74, 6) is 1.92. The SMILES string of the molecule is Cc1cc(OCCCCCN)c(C)cc1OCCCCCN. The lowest BCUT2D eigenvalue weighted by atomic mass is 10.1. The Balaban J connectivity index is 2.42. The van der Waals surface area contributed by atoms with Crippen molar-refractivity contribution in [3.05, 3.63) is 23.3 Å². The summed E-state index contributed by atoms with van der Waals surface area (Å²) >= 11 is 0. The van der Waals surface area contributed by atoms with Crippen LogP contribution in [0.1, 0.15) is 49.7 Å². The molecule has 4 nitrogen and oxygen atoms in total. The molecule has 0 aliphatic carbocycles. The molecule has 0 aromatic heterocycles. The first kappa shape index (κ1) is 18.8. The van der Waals surface area contributed by atoms with E-state index in [1.165, 1.54) is 0 Å². The number of unbranched alkanes of at least 4 members (excludes halogenated alkanes) is 4. The summed E-state index contributed by atoms with van der Waals surface area (Å²) < 4.78 is 11.7. The van der Waals surface area contributed by atoms with Crippen LogP contribution in [-0.4, -0.2) is 26.3 Å². The van der Waals surface area contributed by atoms with E-state index in [0.717, 1.165) is 87.5 Å². The summed E-state index contributed by atoms with van der Waals surface area (Å²) in [7, 11) is 0. The molecule has 0 bridgehead atoms. The van der Waals surface area contributed by atoms with Gasteiger partial charge in [-0.2, -0.15) is 0 Å². The molecular weight excluding hydrogens is 276 g/mol. The molecule has 1 aromatic carbocycles. The van der Waals surface area contributed by atoms with E-state index < -0.39 is 0 Å². The lowest BCUT2D eigenvalue weighted by Crippen LogP contribution is -2.04. The van der Waals surface area contributed by atoms with Crippen LogP contribution in [0.2, 0.25) is 0 Å². The van der Waals surface area contributed by atoms with E-state index >= 15 is 0 Å². The maximum absolute atomic E-state index is 5.87. The molecule has 0 aliphatic rings. The monoisotopic (exact) mass is 308 g/mol. The van der Waals surface area contributed by atoms with Crippen LogP contribution >= 0.6 is 0 Å². The normalized spacial score (nSPS) is 10.7. The number of aryl methyl sites for hydroxylation is 2. The highest BCUT2D eigenvalue weighted by molar-refractivity contribution is 5.45. The van der Waals surface area contributed by atoms with Gasteiger partial charge >= 0.3 is 0 Å². The van der Waals surface area contributed by atoms with Crippen LogP contribution in [0.5, 0.6) is 11.5 Å². The Labute approximate surface area is 135 Å². The predicted octanol–water partition coefficient (Wildman–Crippen LogP) is 3.32. The molecule has 4 N–H and O–H groups in total. The first-order chi connectivity index (χ1) is 10.7. The topological polar surface area (TPSA) is 70.5 Å². The Kier molecular flexibility index (Phi) is 9.67. The predicted molar refractivity (Wildman–Crippen MR) is 92.7 cm³/mol. The first-order valence-electron chi connectivity index (χ1n) is 8.46. The van der Waals surface area contributed by atoms with Gasteiger partial charge in [-0.1, -0.05) is 0 Å². The van der Waals surface area contributed by atoms with E-state index in [4.69, 9.17) is 20.9 Å². The molecule has 0 radical (unpaired) electrons. The number of hydrogen-bond acceptors (Lipinski definition) is 4. The van der Waals surface area contributed by atoms with Crippen LogP contribution in [0.15, 0.2) is 12.1 Å². The van der Waals surface area contributed by atoms with Gasteiger partial charge in [0.2, 0.25) is 0 Å². The van der Waals surface area contributed by atoms with Gasteiger partial charge in [-0.25, -0.2) is 0 Å². The Morgan fingerprint density at radius 2 is 1.09 bits per heavy atom. The quantitative estimate of drug-likeness (QED) is 0.581. The molecule has 4 heteroatoms. The number of hydrogen-bond donors (Lipinski definition) is 2. The minimum Gasteiger partial charge on any atom is -0.493 e. The summed E-state index contributed by atoms with van der Waals surface area (Å²) in [5.41, 5.74) is 13.2. The number of benzene rings is 1. The highest BCUT2D eigenvalue weighted by Crippen LogP contribution is 2.28. The summed E-state index contributed by atoms with van der Waals surface area (Å²) in [4.78, 5) is 0. The van der Waals surface area contributed by atoms with Crippen LogP contribution in [0.25, 0.3) is 0 Å². The van der Waals surface area contributed by atoms with Gasteiger partial charge < -0.3 is 20.9 Å². The van der Waals surface area contributed by atoms with Crippen molar-refractivity contribution in [3.63, 3.8) is 0 Å². The molecule has 0 unspecified atom stereocenters. The molecular formula is C18H32N2O2. The molecule has 0 heterocycles. The van der Waals surface area contributed by atoms with Gasteiger partial charge in [-0.05, 0) is 88.7 Å². The van der Waals surface area contributed by atoms with Gasteiger partial charge in [0, 0.05) is 0 Å². The van der Waals surface area contributed by atoms with Crippen LogP contribution in [0.3, 0.4) is 0 Å². The van der Waals surface area contributed by atoms with E-state index in [1.807, 2.05) is 0 Å². The number of ether oxygens (including phenoxy) is 2. The third-order valence-corrected chi connectivity index (χ3v) is 3.68. The smallest absolute Gasteiger partial charge is 0.122 e. The van der Waals surface area contributed by atoms with E-state index in [2.05, 4.69) is 26.0 Å². The second-order valence-electron chi connectivity index (χ2n) is 5.78. The first-order valence-corrected chi connectivity index (χ1v) is 8.46. The maximum atomic E-state index is 5.87. The lowest BCUT2D eigenvalue weighted by molar-refractivity contribution is 0.294. The zero-order valence-electron chi connectivity index (χ0n) is 14.2. The van der Waals surface area contributed by atoms with Crippen molar-refractivity contribution < 1.29 is 9.47 Å². The van der Waals surface area contributed by atoms with Crippen molar-refractivity contribution in [2.75, 3.05) is 26.3 Å². The molecule has 0 spiro atoms. The van der Waals surface area contributed by atoms with Crippen molar-refractivity contribution >= 4 is 0 Å². The van der Waals surface area contributed by atoms with Gasteiger partial charge in [-0.3, -0.25) is 0 Å². The van der Waals surface area contributed by atoms with Gasteiger partial charge in [0.05, 0.1) is 13.2 Å². The van der Waals surface area contributed by atoms with Gasteiger partial charge in [0.25, 0.3) is 0 Å². The molecule has 126 valence electrons. The Hall–Kier alpha value is -1.26. The zero-order chi connectivity index (χ0) is 16.2. The number of rotatable bonds is 12. The minimum absolute atomic E-state index is 0.750. The molecule has 1 aromatic rings. The largest absolute Gasteiger partial charge is 0.493 e. The molecule has 0 atom stereocenters. The van der Waals surface area contributed by atoms with Crippen molar-refractivity contribution in [2.24, 2.45) is 11.5 Å². The fraction of sp³-hybridized carbons (Fsp3) is 0.667. The second kappa shape index (κ2) is 11.3. The summed E-state index contributed by atoms with van der Waals surface area (Å²) in [5, 5.41) is 0. The highest BCUT2D eigenvalue weighted by Gasteiger charge is 2.07. The highest BCUT2D eigenvalue weighted by atomic mass is 16.5. The molecule has 0 saturated heterocycles. The summed E-state index contributed by atoms with van der Waals surface area (Å²) in [6, 6.07) is 4.15. The molecule has 22 heavy (non-hydrogen) atoms. The van der Waals surface area contributed by atoms with Crippen LogP contribution in [0, 0.1) is 13.8 Å². The average molecular weight is 308 g/mol. The van der Waals surface area contributed by atoms with Crippen LogP contribution < -0.4 is 20.9 Å². The second-order valence-corrected chi connectivity index (χ2v) is 5.78. The van der Waals surface area contributed by atoms with Gasteiger partial charge in [0.15, 0.2) is 0 Å². The fourth-order valence-electron chi connectivity index (χ4n) is 2.28. The van der Waals surface area contributed by atoms with Crippen LogP contribution in [-0.2, 0) is 0 Å². The third kappa shape index (κ3) is 7.14. The van der Waals surface area contributed by atoms with Gasteiger partial charge in [0.1, 0.15) is 11.5 Å². The van der Waals surface area contributed by atoms with E-state index in [1.54, 1.807) is 0 Å². The fourth-order valence-corrected chi connectivity index (χ4v) is 2.28. The zero-order valence-corrected chi connectivity index (χ0v) is 14.2. The van der Waals surface area contributed by atoms with Crippen molar-refractivity contribution in [1.29, 1.82) is 0 Å². The Morgan fingerprint density at radius 1 is 0.682 bits per heavy atom. The standard InChI is InChI=1S/C18H32N2O2/c1-15-13-18(22-12-8-4-6-10-20)16(2)14-17(15)21-11-7-3-5-9-19/h13-14H,3-12,19-20H2,1-2H3. The van der Waals surface area contributed by atoms with E-state index in [-0.39, 0.29) is 0 Å².